The van der Waals surface area contributed by atoms with Crippen molar-refractivity contribution in [2.24, 2.45) is 0 Å². The van der Waals surface area contributed by atoms with Gasteiger partial charge >= 0.3 is 0 Å². The predicted octanol–water partition coefficient (Wildman–Crippen LogP) is 14.3. The number of hydrogen-bond acceptors (Lipinski definition) is 1. The van der Waals surface area contributed by atoms with E-state index in [4.69, 9.17) is 4.42 Å². The van der Waals surface area contributed by atoms with Gasteiger partial charge in [-0.05, 0) is 88.3 Å². The van der Waals surface area contributed by atoms with Crippen molar-refractivity contribution < 1.29 is 4.42 Å². The van der Waals surface area contributed by atoms with Gasteiger partial charge in [-0.25, -0.2) is 0 Å². The maximum Gasteiger partial charge on any atom is 0.137 e. The molecule has 0 spiro atoms. The van der Waals surface area contributed by atoms with Crippen LogP contribution in [0.5, 0.6) is 0 Å². The van der Waals surface area contributed by atoms with E-state index in [-0.39, 0.29) is 0 Å². The summed E-state index contributed by atoms with van der Waals surface area (Å²) in [6, 6.07) is 70.3. The van der Waals surface area contributed by atoms with Gasteiger partial charge in [0.2, 0.25) is 0 Å². The fraction of sp³-hybridized carbons (Fsp3) is 0. The summed E-state index contributed by atoms with van der Waals surface area (Å²) in [4.78, 5) is 0. The lowest BCUT2D eigenvalue weighted by atomic mass is 9.97. The van der Waals surface area contributed by atoms with E-state index in [0.29, 0.717) is 0 Å². The fourth-order valence-electron chi connectivity index (χ4n) is 9.05. The molecule has 3 heteroatoms. The highest BCUT2D eigenvalue weighted by atomic mass is 16.3. The SMILES string of the molecule is c1ccc(-c2cccc3c2c2cc(-c4ccc5c(c4)c4ccc6ccccc6c4n5-c4ccccc4)ccc2n3-c2ccc3c(c2)oc2ccccc23)cc1. The zero-order valence-electron chi connectivity index (χ0n) is 29.8. The molecule has 3 nitrogen and oxygen atoms in total. The zero-order chi connectivity index (χ0) is 36.0. The number of benzene rings is 9. The summed E-state index contributed by atoms with van der Waals surface area (Å²) in [6.45, 7) is 0. The van der Waals surface area contributed by atoms with Gasteiger partial charge in [0.25, 0.3) is 0 Å². The number of furan rings is 1. The Morgan fingerprint density at radius 3 is 1.84 bits per heavy atom. The molecule has 0 aliphatic rings. The van der Waals surface area contributed by atoms with Gasteiger partial charge in [-0.15, -0.1) is 0 Å². The molecule has 0 unspecified atom stereocenters. The largest absolute Gasteiger partial charge is 0.456 e. The second-order valence-electron chi connectivity index (χ2n) is 14.5. The van der Waals surface area contributed by atoms with Crippen molar-refractivity contribution in [3.8, 4) is 33.6 Å². The van der Waals surface area contributed by atoms with Crippen molar-refractivity contribution in [2.75, 3.05) is 0 Å². The van der Waals surface area contributed by atoms with E-state index in [1.807, 2.05) is 12.1 Å². The lowest BCUT2D eigenvalue weighted by Gasteiger charge is -2.10. The molecule has 0 radical (unpaired) electrons. The quantitative estimate of drug-likeness (QED) is 0.179. The first-order valence-electron chi connectivity index (χ1n) is 18.8. The molecule has 0 saturated carbocycles. The van der Waals surface area contributed by atoms with Crippen LogP contribution in [0.4, 0.5) is 0 Å². The smallest absolute Gasteiger partial charge is 0.137 e. The van der Waals surface area contributed by atoms with Crippen LogP contribution < -0.4 is 0 Å². The first-order chi connectivity index (χ1) is 27.3. The third-order valence-electron chi connectivity index (χ3n) is 11.5. The summed E-state index contributed by atoms with van der Waals surface area (Å²) in [5, 5.41) is 9.72. The average molecular weight is 701 g/mol. The second-order valence-corrected chi connectivity index (χ2v) is 14.5. The van der Waals surface area contributed by atoms with Gasteiger partial charge in [-0.1, -0.05) is 127 Å². The molecular weight excluding hydrogens is 669 g/mol. The Labute approximate surface area is 316 Å². The minimum Gasteiger partial charge on any atom is -0.456 e. The van der Waals surface area contributed by atoms with E-state index >= 15 is 0 Å². The molecule has 0 bridgehead atoms. The molecule has 0 atom stereocenters. The Morgan fingerprint density at radius 2 is 1.00 bits per heavy atom. The van der Waals surface area contributed by atoms with Crippen molar-refractivity contribution in [2.45, 2.75) is 0 Å². The van der Waals surface area contributed by atoms with Gasteiger partial charge in [-0.2, -0.15) is 0 Å². The third-order valence-corrected chi connectivity index (χ3v) is 11.5. The Hall–Kier alpha value is -7.36. The van der Waals surface area contributed by atoms with Crippen LogP contribution in [-0.4, -0.2) is 9.13 Å². The maximum absolute atomic E-state index is 6.39. The Balaban J connectivity index is 1.11. The van der Waals surface area contributed by atoms with E-state index in [1.165, 1.54) is 65.6 Å². The molecule has 12 aromatic rings. The van der Waals surface area contributed by atoms with Crippen LogP contribution in [0.2, 0.25) is 0 Å². The van der Waals surface area contributed by atoms with E-state index in [1.54, 1.807) is 0 Å². The molecule has 0 N–H and O–H groups in total. The van der Waals surface area contributed by atoms with E-state index in [9.17, 15) is 0 Å². The summed E-state index contributed by atoms with van der Waals surface area (Å²) in [5.41, 5.74) is 13.6. The molecular formula is C52H32N2O. The highest BCUT2D eigenvalue weighted by molar-refractivity contribution is 6.20. The lowest BCUT2D eigenvalue weighted by molar-refractivity contribution is 0.668. The van der Waals surface area contributed by atoms with Crippen LogP contribution in [0, 0.1) is 0 Å². The van der Waals surface area contributed by atoms with Crippen LogP contribution in [0.1, 0.15) is 0 Å². The molecule has 12 rings (SSSR count). The predicted molar refractivity (Wildman–Crippen MR) is 231 cm³/mol. The van der Waals surface area contributed by atoms with Gasteiger partial charge in [0.05, 0.1) is 22.1 Å². The minimum absolute atomic E-state index is 0.889. The number of aromatic nitrogens is 2. The topological polar surface area (TPSA) is 23.0 Å². The van der Waals surface area contributed by atoms with Gasteiger partial charge in [0.1, 0.15) is 11.2 Å². The van der Waals surface area contributed by atoms with Crippen LogP contribution in [-0.2, 0) is 0 Å². The molecule has 256 valence electrons. The van der Waals surface area contributed by atoms with Gasteiger partial charge in [0.15, 0.2) is 0 Å². The maximum atomic E-state index is 6.39. The first kappa shape index (κ1) is 30.1. The summed E-state index contributed by atoms with van der Waals surface area (Å²) in [7, 11) is 0. The fourth-order valence-corrected chi connectivity index (χ4v) is 9.05. The average Bonchev–Trinajstić information content (AvgIpc) is 3.91. The molecule has 3 heterocycles. The first-order valence-corrected chi connectivity index (χ1v) is 18.8. The van der Waals surface area contributed by atoms with Crippen molar-refractivity contribution in [1.29, 1.82) is 0 Å². The van der Waals surface area contributed by atoms with Crippen molar-refractivity contribution in [3.63, 3.8) is 0 Å². The van der Waals surface area contributed by atoms with Crippen molar-refractivity contribution >= 4 is 76.3 Å². The second kappa shape index (κ2) is 11.6. The molecule has 0 aliphatic carbocycles. The number of fused-ring (bicyclic) bond motifs is 11. The zero-order valence-corrected chi connectivity index (χ0v) is 29.8. The number of para-hydroxylation sites is 2. The molecule has 0 fully saturated rings. The summed E-state index contributed by atoms with van der Waals surface area (Å²) in [5.74, 6) is 0. The normalized spacial score (nSPS) is 12.0. The molecule has 0 saturated heterocycles. The van der Waals surface area contributed by atoms with Crippen molar-refractivity contribution in [1.82, 2.24) is 9.13 Å². The van der Waals surface area contributed by atoms with E-state index in [2.05, 4.69) is 191 Å². The standard InChI is InChI=1S/C52H32N2O/c1-3-12-33(13-4-1)39-19-11-20-48-51(39)45-31-36(24-29-47(45)53(48)38-25-27-42-41-18-9-10-21-49(41)55-50(42)32-38)35-23-28-46-44(30-35)43-26-22-34-14-7-8-17-40(34)52(43)54(46)37-15-5-2-6-16-37/h1-32H. The number of nitrogens with zero attached hydrogens (tertiary/aromatic N) is 2. The number of rotatable bonds is 4. The lowest BCUT2D eigenvalue weighted by Crippen LogP contribution is -1.94. The van der Waals surface area contributed by atoms with Crippen LogP contribution >= 0.6 is 0 Å². The summed E-state index contributed by atoms with van der Waals surface area (Å²) < 4.78 is 11.2. The van der Waals surface area contributed by atoms with E-state index < -0.39 is 0 Å². The number of hydrogen-bond donors (Lipinski definition) is 0. The molecule has 0 amide bonds. The molecule has 55 heavy (non-hydrogen) atoms. The van der Waals surface area contributed by atoms with Gasteiger partial charge in [-0.3, -0.25) is 0 Å². The Bertz CT molecular complexity index is 3470. The Morgan fingerprint density at radius 1 is 0.327 bits per heavy atom. The minimum atomic E-state index is 0.889. The van der Waals surface area contributed by atoms with Crippen LogP contribution in [0.25, 0.3) is 110 Å². The summed E-state index contributed by atoms with van der Waals surface area (Å²) >= 11 is 0. The Kier molecular flexibility index (Phi) is 6.34. The summed E-state index contributed by atoms with van der Waals surface area (Å²) in [6.07, 6.45) is 0. The van der Waals surface area contributed by atoms with E-state index in [0.717, 1.165) is 44.3 Å². The van der Waals surface area contributed by atoms with Crippen LogP contribution in [0.3, 0.4) is 0 Å². The highest BCUT2D eigenvalue weighted by Gasteiger charge is 2.20. The highest BCUT2D eigenvalue weighted by Crippen LogP contribution is 2.43. The molecule has 0 aliphatic heterocycles. The third kappa shape index (κ3) is 4.44. The van der Waals surface area contributed by atoms with Gasteiger partial charge < -0.3 is 13.6 Å². The molecule has 9 aromatic carbocycles. The molecule has 3 aromatic heterocycles. The monoisotopic (exact) mass is 700 g/mol. The van der Waals surface area contributed by atoms with Gasteiger partial charge in [0, 0.05) is 55.1 Å². The van der Waals surface area contributed by atoms with Crippen LogP contribution in [0.15, 0.2) is 199 Å². The van der Waals surface area contributed by atoms with Crippen molar-refractivity contribution in [3.05, 3.63) is 194 Å².